The minimum absolute atomic E-state index is 0.0747. The molecule has 0 unspecified atom stereocenters. The molecule has 18 heavy (non-hydrogen) atoms. The molecule has 0 bridgehead atoms. The quantitative estimate of drug-likeness (QED) is 0.795. The van der Waals surface area contributed by atoms with E-state index in [9.17, 15) is 0 Å². The fourth-order valence-corrected chi connectivity index (χ4v) is 1.98. The SMILES string of the molecule is Cc1c(B2OC(C)(C)C(C)(C)O2)cnn1CCO. The Kier molecular flexibility index (Phi) is 3.29. The molecule has 0 spiro atoms. The summed E-state index contributed by atoms with van der Waals surface area (Å²) in [6, 6.07) is 0. The molecule has 0 radical (unpaired) electrons. The Labute approximate surface area is 108 Å². The van der Waals surface area contributed by atoms with Gasteiger partial charge in [0.15, 0.2) is 0 Å². The summed E-state index contributed by atoms with van der Waals surface area (Å²) < 4.78 is 13.7. The molecular weight excluding hydrogens is 231 g/mol. The molecule has 2 heterocycles. The summed E-state index contributed by atoms with van der Waals surface area (Å²) in [7, 11) is -0.387. The highest BCUT2D eigenvalue weighted by Gasteiger charge is 2.52. The van der Waals surface area contributed by atoms with Gasteiger partial charge in [0.25, 0.3) is 0 Å². The number of hydrogen-bond acceptors (Lipinski definition) is 4. The largest absolute Gasteiger partial charge is 0.498 e. The minimum Gasteiger partial charge on any atom is -0.399 e. The van der Waals surface area contributed by atoms with Crippen LogP contribution in [0.15, 0.2) is 6.20 Å². The van der Waals surface area contributed by atoms with Crippen molar-refractivity contribution in [3.63, 3.8) is 0 Å². The van der Waals surface area contributed by atoms with Crippen molar-refractivity contribution >= 4 is 12.6 Å². The van der Waals surface area contributed by atoms with Crippen molar-refractivity contribution in [3.8, 4) is 0 Å². The summed E-state index contributed by atoms with van der Waals surface area (Å²) in [5.41, 5.74) is 1.22. The van der Waals surface area contributed by atoms with Gasteiger partial charge < -0.3 is 14.4 Å². The second-order valence-electron chi connectivity index (χ2n) is 5.72. The number of aliphatic hydroxyl groups excluding tert-OH is 1. The van der Waals surface area contributed by atoms with Crippen molar-refractivity contribution in [3.05, 3.63) is 11.9 Å². The molecule has 1 aromatic rings. The Hall–Kier alpha value is -0.845. The molecule has 1 aliphatic rings. The monoisotopic (exact) mass is 252 g/mol. The first-order valence-electron chi connectivity index (χ1n) is 6.27. The summed E-state index contributed by atoms with van der Waals surface area (Å²) in [6.45, 7) is 10.6. The smallest absolute Gasteiger partial charge is 0.399 e. The van der Waals surface area contributed by atoms with E-state index in [2.05, 4.69) is 5.10 Å². The molecule has 6 heteroatoms. The molecule has 1 N–H and O–H groups in total. The van der Waals surface area contributed by atoms with Crippen LogP contribution in [0.5, 0.6) is 0 Å². The number of aliphatic hydroxyl groups is 1. The highest BCUT2D eigenvalue weighted by Crippen LogP contribution is 2.36. The summed E-state index contributed by atoms with van der Waals surface area (Å²) in [5.74, 6) is 0. The van der Waals surface area contributed by atoms with Gasteiger partial charge >= 0.3 is 7.12 Å². The van der Waals surface area contributed by atoms with Gasteiger partial charge in [-0.2, -0.15) is 5.10 Å². The zero-order valence-corrected chi connectivity index (χ0v) is 11.7. The van der Waals surface area contributed by atoms with E-state index in [1.165, 1.54) is 0 Å². The molecule has 0 amide bonds. The molecular formula is C12H21BN2O3. The molecule has 5 nitrogen and oxygen atoms in total. The molecule has 0 aliphatic carbocycles. The summed E-state index contributed by atoms with van der Waals surface area (Å²) >= 11 is 0. The maximum atomic E-state index is 8.96. The predicted molar refractivity (Wildman–Crippen MR) is 69.8 cm³/mol. The zero-order chi connectivity index (χ0) is 13.6. The average molecular weight is 252 g/mol. The van der Waals surface area contributed by atoms with Crippen LogP contribution in [-0.2, 0) is 15.9 Å². The van der Waals surface area contributed by atoms with E-state index in [0.717, 1.165) is 11.2 Å². The molecule has 1 aliphatic heterocycles. The summed E-state index contributed by atoms with van der Waals surface area (Å²) in [4.78, 5) is 0. The van der Waals surface area contributed by atoms with Crippen molar-refractivity contribution in [2.75, 3.05) is 6.61 Å². The van der Waals surface area contributed by atoms with Gasteiger partial charge in [0.1, 0.15) is 0 Å². The van der Waals surface area contributed by atoms with E-state index >= 15 is 0 Å². The van der Waals surface area contributed by atoms with Crippen molar-refractivity contribution in [1.29, 1.82) is 0 Å². The van der Waals surface area contributed by atoms with E-state index in [-0.39, 0.29) is 24.9 Å². The van der Waals surface area contributed by atoms with E-state index in [1.54, 1.807) is 10.9 Å². The lowest BCUT2D eigenvalue weighted by Crippen LogP contribution is -2.41. The van der Waals surface area contributed by atoms with Gasteiger partial charge in [-0.3, -0.25) is 4.68 Å². The maximum absolute atomic E-state index is 8.96. The fraction of sp³-hybridized carbons (Fsp3) is 0.750. The van der Waals surface area contributed by atoms with E-state index in [4.69, 9.17) is 14.4 Å². The van der Waals surface area contributed by atoms with E-state index < -0.39 is 0 Å². The third-order valence-electron chi connectivity index (χ3n) is 3.96. The molecule has 0 atom stereocenters. The number of hydrogen-bond donors (Lipinski definition) is 1. The van der Waals surface area contributed by atoms with Gasteiger partial charge in [0.2, 0.25) is 0 Å². The zero-order valence-electron chi connectivity index (χ0n) is 11.7. The Balaban J connectivity index is 2.25. The molecule has 0 saturated carbocycles. The van der Waals surface area contributed by atoms with Crippen molar-refractivity contribution in [2.45, 2.75) is 52.4 Å². The van der Waals surface area contributed by atoms with Crippen LogP contribution in [0, 0.1) is 6.92 Å². The van der Waals surface area contributed by atoms with Crippen LogP contribution in [0.4, 0.5) is 0 Å². The van der Waals surface area contributed by atoms with Crippen molar-refractivity contribution in [2.24, 2.45) is 0 Å². The first-order valence-corrected chi connectivity index (χ1v) is 6.27. The van der Waals surface area contributed by atoms with Crippen LogP contribution in [0.3, 0.4) is 0 Å². The van der Waals surface area contributed by atoms with Gasteiger partial charge in [-0.25, -0.2) is 0 Å². The third-order valence-corrected chi connectivity index (χ3v) is 3.96. The Morgan fingerprint density at radius 1 is 1.28 bits per heavy atom. The van der Waals surface area contributed by atoms with Crippen LogP contribution in [0.2, 0.25) is 0 Å². The molecule has 2 rings (SSSR count). The van der Waals surface area contributed by atoms with E-state index in [0.29, 0.717) is 6.54 Å². The van der Waals surface area contributed by atoms with E-state index in [1.807, 2.05) is 34.6 Å². The number of rotatable bonds is 3. The Bertz CT molecular complexity index is 427. The summed E-state index contributed by atoms with van der Waals surface area (Å²) in [6.07, 6.45) is 1.76. The average Bonchev–Trinajstić information content (AvgIpc) is 2.68. The second kappa shape index (κ2) is 4.37. The van der Waals surface area contributed by atoms with Crippen LogP contribution in [0.25, 0.3) is 0 Å². The maximum Gasteiger partial charge on any atom is 0.498 e. The van der Waals surface area contributed by atoms with Crippen molar-refractivity contribution < 1.29 is 14.4 Å². The minimum atomic E-state index is -0.387. The second-order valence-corrected chi connectivity index (χ2v) is 5.72. The number of nitrogens with zero attached hydrogens (tertiary/aromatic N) is 2. The van der Waals surface area contributed by atoms with Crippen LogP contribution < -0.4 is 5.46 Å². The Morgan fingerprint density at radius 2 is 1.83 bits per heavy atom. The molecule has 100 valence electrons. The molecule has 1 aromatic heterocycles. The molecule has 1 fully saturated rings. The topological polar surface area (TPSA) is 56.5 Å². The molecule has 0 aromatic carbocycles. The number of aromatic nitrogens is 2. The highest BCUT2D eigenvalue weighted by atomic mass is 16.7. The Morgan fingerprint density at radius 3 is 2.33 bits per heavy atom. The van der Waals surface area contributed by atoms with Crippen LogP contribution >= 0.6 is 0 Å². The highest BCUT2D eigenvalue weighted by molar-refractivity contribution is 6.62. The van der Waals surface area contributed by atoms with Gasteiger partial charge in [-0.1, -0.05) is 0 Å². The van der Waals surface area contributed by atoms with Gasteiger partial charge in [-0.05, 0) is 34.6 Å². The van der Waals surface area contributed by atoms with Gasteiger partial charge in [0.05, 0.1) is 24.4 Å². The van der Waals surface area contributed by atoms with Gasteiger partial charge in [0, 0.05) is 17.4 Å². The third kappa shape index (κ3) is 2.09. The molecule has 1 saturated heterocycles. The fourth-order valence-electron chi connectivity index (χ4n) is 1.98. The lowest BCUT2D eigenvalue weighted by atomic mass is 9.79. The van der Waals surface area contributed by atoms with Crippen LogP contribution in [0.1, 0.15) is 33.4 Å². The lowest BCUT2D eigenvalue weighted by Gasteiger charge is -2.32. The first-order chi connectivity index (χ1) is 8.28. The standard InChI is InChI=1S/C12H21BN2O3/c1-9-10(8-14-15(9)6-7-16)13-17-11(2,3)12(4,5)18-13/h8,16H,6-7H2,1-5H3. The normalized spacial score (nSPS) is 21.6. The van der Waals surface area contributed by atoms with Crippen molar-refractivity contribution in [1.82, 2.24) is 9.78 Å². The first kappa shape index (κ1) is 13.6. The lowest BCUT2D eigenvalue weighted by molar-refractivity contribution is 0.00578. The van der Waals surface area contributed by atoms with Crippen LogP contribution in [-0.4, -0.2) is 39.8 Å². The predicted octanol–water partition coefficient (Wildman–Crippen LogP) is 0.483. The summed E-state index contributed by atoms with van der Waals surface area (Å²) in [5, 5.41) is 13.2. The van der Waals surface area contributed by atoms with Gasteiger partial charge in [-0.15, -0.1) is 0 Å².